The molecular weight excluding hydrogens is 332 g/mol. The Kier molecular flexibility index (Phi) is 5.87. The number of carbonyl (C=O) groups is 1. The van der Waals surface area contributed by atoms with Crippen LogP contribution in [0.15, 0.2) is 6.20 Å². The summed E-state index contributed by atoms with van der Waals surface area (Å²) in [7, 11) is 0. The van der Waals surface area contributed by atoms with Crippen LogP contribution in [0.25, 0.3) is 0 Å². The summed E-state index contributed by atoms with van der Waals surface area (Å²) >= 11 is 0. The van der Waals surface area contributed by atoms with Gasteiger partial charge in [-0.15, -0.1) is 0 Å². The number of carbonyl (C=O) groups excluding carboxylic acids is 1. The van der Waals surface area contributed by atoms with E-state index in [1.165, 1.54) is 24.1 Å². The molecule has 3 aliphatic rings. The van der Waals surface area contributed by atoms with Gasteiger partial charge in [0.1, 0.15) is 0 Å². The lowest BCUT2D eigenvalue weighted by atomic mass is 9.92. The standard InChI is InChI=1S/C19H30N4O3/c24-19-15(4-9-26-19)3-6-22-5-1-2-16(13-22)18-17(12-20-21-18)14-23-7-10-25-11-8-23/h12,15-16H,1-11,13-14H2,(H,20,21)/t15-,16+/m0/s1. The fourth-order valence-electron chi connectivity index (χ4n) is 4.43. The van der Waals surface area contributed by atoms with Gasteiger partial charge in [-0.2, -0.15) is 5.10 Å². The molecule has 0 radical (unpaired) electrons. The van der Waals surface area contributed by atoms with Gasteiger partial charge in [0.15, 0.2) is 0 Å². The zero-order valence-electron chi connectivity index (χ0n) is 15.5. The minimum absolute atomic E-state index is 0.0000697. The lowest BCUT2D eigenvalue weighted by Gasteiger charge is -2.33. The van der Waals surface area contributed by atoms with Gasteiger partial charge in [0.05, 0.1) is 31.9 Å². The summed E-state index contributed by atoms with van der Waals surface area (Å²) < 4.78 is 10.5. The van der Waals surface area contributed by atoms with E-state index in [1.807, 2.05) is 6.20 Å². The Balaban J connectivity index is 1.32. The van der Waals surface area contributed by atoms with E-state index in [4.69, 9.17) is 9.47 Å². The number of H-pyrrole nitrogens is 1. The largest absolute Gasteiger partial charge is 0.465 e. The van der Waals surface area contributed by atoms with Crippen molar-refractivity contribution in [3.63, 3.8) is 0 Å². The van der Waals surface area contributed by atoms with Crippen LogP contribution in [0.4, 0.5) is 0 Å². The molecular formula is C19H30N4O3. The van der Waals surface area contributed by atoms with Crippen LogP contribution in [0.3, 0.4) is 0 Å². The van der Waals surface area contributed by atoms with Crippen LogP contribution in [-0.2, 0) is 20.8 Å². The lowest BCUT2D eigenvalue weighted by molar-refractivity contribution is -0.141. The average molecular weight is 362 g/mol. The number of hydrogen-bond donors (Lipinski definition) is 1. The molecule has 0 amide bonds. The fourth-order valence-corrected chi connectivity index (χ4v) is 4.43. The highest BCUT2D eigenvalue weighted by Crippen LogP contribution is 2.29. The van der Waals surface area contributed by atoms with Gasteiger partial charge in [0, 0.05) is 43.4 Å². The second-order valence-corrected chi connectivity index (χ2v) is 7.78. The zero-order chi connectivity index (χ0) is 17.8. The lowest BCUT2D eigenvalue weighted by Crippen LogP contribution is -2.37. The highest BCUT2D eigenvalue weighted by atomic mass is 16.5. The second kappa shape index (κ2) is 8.50. The van der Waals surface area contributed by atoms with Gasteiger partial charge in [-0.1, -0.05) is 0 Å². The number of likely N-dealkylation sites (tertiary alicyclic amines) is 1. The smallest absolute Gasteiger partial charge is 0.309 e. The van der Waals surface area contributed by atoms with E-state index in [9.17, 15) is 4.79 Å². The molecule has 4 rings (SSSR count). The van der Waals surface area contributed by atoms with Gasteiger partial charge in [-0.25, -0.2) is 0 Å². The molecule has 2 atom stereocenters. The molecule has 26 heavy (non-hydrogen) atoms. The Morgan fingerprint density at radius 1 is 1.15 bits per heavy atom. The van der Waals surface area contributed by atoms with Crippen molar-refractivity contribution in [3.8, 4) is 0 Å². The van der Waals surface area contributed by atoms with Crippen molar-refractivity contribution in [1.82, 2.24) is 20.0 Å². The number of hydrogen-bond acceptors (Lipinski definition) is 6. The molecule has 3 saturated heterocycles. The van der Waals surface area contributed by atoms with Gasteiger partial charge in [0.2, 0.25) is 0 Å². The van der Waals surface area contributed by atoms with Crippen molar-refractivity contribution in [3.05, 3.63) is 17.5 Å². The topological polar surface area (TPSA) is 70.7 Å². The monoisotopic (exact) mass is 362 g/mol. The predicted octanol–water partition coefficient (Wildman–Crippen LogP) is 1.37. The maximum absolute atomic E-state index is 11.7. The van der Waals surface area contributed by atoms with E-state index in [-0.39, 0.29) is 11.9 Å². The third-order valence-corrected chi connectivity index (χ3v) is 6.00. The number of nitrogens with zero attached hydrogens (tertiary/aromatic N) is 3. The first-order valence-corrected chi connectivity index (χ1v) is 10.0. The molecule has 0 aliphatic carbocycles. The Morgan fingerprint density at radius 3 is 2.85 bits per heavy atom. The molecule has 7 heteroatoms. The number of morpholine rings is 1. The summed E-state index contributed by atoms with van der Waals surface area (Å²) in [5.74, 6) is 0.622. The first kappa shape index (κ1) is 17.9. The summed E-state index contributed by atoms with van der Waals surface area (Å²) in [6, 6.07) is 0. The van der Waals surface area contributed by atoms with Crippen molar-refractivity contribution in [2.24, 2.45) is 5.92 Å². The van der Waals surface area contributed by atoms with Crippen molar-refractivity contribution < 1.29 is 14.3 Å². The number of ether oxygens (including phenoxy) is 2. The minimum Gasteiger partial charge on any atom is -0.465 e. The Morgan fingerprint density at radius 2 is 2.04 bits per heavy atom. The third kappa shape index (κ3) is 4.27. The molecule has 144 valence electrons. The van der Waals surface area contributed by atoms with E-state index in [0.29, 0.717) is 12.5 Å². The molecule has 1 aromatic rings. The molecule has 0 bridgehead atoms. The molecule has 3 aliphatic heterocycles. The number of cyclic esters (lactones) is 1. The molecule has 1 N–H and O–H groups in total. The third-order valence-electron chi connectivity index (χ3n) is 6.00. The van der Waals surface area contributed by atoms with Gasteiger partial charge in [-0.05, 0) is 38.8 Å². The average Bonchev–Trinajstić information content (AvgIpc) is 3.30. The summed E-state index contributed by atoms with van der Waals surface area (Å²) in [6.07, 6.45) is 6.23. The maximum Gasteiger partial charge on any atom is 0.309 e. The van der Waals surface area contributed by atoms with E-state index in [0.717, 1.165) is 65.3 Å². The zero-order valence-corrected chi connectivity index (χ0v) is 15.5. The Hall–Kier alpha value is -1.44. The molecule has 0 aromatic carbocycles. The number of nitrogens with one attached hydrogen (secondary N) is 1. The number of piperidine rings is 1. The van der Waals surface area contributed by atoms with Crippen LogP contribution < -0.4 is 0 Å². The summed E-state index contributed by atoms with van der Waals surface area (Å²) in [5, 5.41) is 7.63. The number of rotatable bonds is 6. The van der Waals surface area contributed by atoms with E-state index in [2.05, 4.69) is 20.0 Å². The van der Waals surface area contributed by atoms with Crippen LogP contribution in [0, 0.1) is 5.92 Å². The second-order valence-electron chi connectivity index (χ2n) is 7.78. The quantitative estimate of drug-likeness (QED) is 0.771. The van der Waals surface area contributed by atoms with Gasteiger partial charge >= 0.3 is 5.97 Å². The number of aromatic nitrogens is 2. The van der Waals surface area contributed by atoms with Crippen LogP contribution in [0.5, 0.6) is 0 Å². The Labute approximate surface area is 155 Å². The fraction of sp³-hybridized carbons (Fsp3) is 0.789. The molecule has 3 fully saturated rings. The molecule has 1 aromatic heterocycles. The minimum atomic E-state index is -0.0000697. The van der Waals surface area contributed by atoms with E-state index < -0.39 is 0 Å². The van der Waals surface area contributed by atoms with Crippen LogP contribution in [0.1, 0.15) is 42.9 Å². The van der Waals surface area contributed by atoms with Crippen LogP contribution in [-0.4, -0.2) is 78.5 Å². The van der Waals surface area contributed by atoms with Gasteiger partial charge < -0.3 is 14.4 Å². The number of aromatic amines is 1. The normalized spacial score (nSPS) is 28.4. The Bertz CT molecular complexity index is 599. The first-order chi connectivity index (χ1) is 12.8. The molecule has 7 nitrogen and oxygen atoms in total. The summed E-state index contributed by atoms with van der Waals surface area (Å²) in [5.41, 5.74) is 2.64. The molecule has 0 saturated carbocycles. The summed E-state index contributed by atoms with van der Waals surface area (Å²) in [6.45, 7) is 8.39. The molecule has 0 spiro atoms. The van der Waals surface area contributed by atoms with Crippen LogP contribution >= 0.6 is 0 Å². The highest BCUT2D eigenvalue weighted by molar-refractivity contribution is 5.74. The van der Waals surface area contributed by atoms with Crippen molar-refractivity contribution >= 4 is 5.97 Å². The first-order valence-electron chi connectivity index (χ1n) is 10.0. The maximum atomic E-state index is 11.7. The molecule has 4 heterocycles. The SMILES string of the molecule is O=C1OCC[C@@H]1CCN1CCC[C@@H](c2[nH]ncc2CN2CCOCC2)C1. The van der Waals surface area contributed by atoms with Crippen molar-refractivity contribution in [1.29, 1.82) is 0 Å². The van der Waals surface area contributed by atoms with Crippen molar-refractivity contribution in [2.45, 2.75) is 38.1 Å². The number of esters is 1. The molecule has 0 unspecified atom stereocenters. The van der Waals surface area contributed by atoms with Crippen molar-refractivity contribution in [2.75, 3.05) is 52.5 Å². The van der Waals surface area contributed by atoms with Crippen LogP contribution in [0.2, 0.25) is 0 Å². The van der Waals surface area contributed by atoms with E-state index >= 15 is 0 Å². The van der Waals surface area contributed by atoms with E-state index in [1.54, 1.807) is 0 Å². The van der Waals surface area contributed by atoms with Gasteiger partial charge in [0.25, 0.3) is 0 Å². The van der Waals surface area contributed by atoms with Gasteiger partial charge in [-0.3, -0.25) is 14.8 Å². The summed E-state index contributed by atoms with van der Waals surface area (Å²) in [4.78, 5) is 16.6. The predicted molar refractivity (Wildman–Crippen MR) is 96.8 cm³/mol. The highest BCUT2D eigenvalue weighted by Gasteiger charge is 2.29.